The topological polar surface area (TPSA) is 237 Å². The van der Waals surface area contributed by atoms with Crippen molar-refractivity contribution in [1.29, 1.82) is 0 Å². The highest BCUT2D eigenvalue weighted by molar-refractivity contribution is 7.47. The van der Waals surface area contributed by atoms with Gasteiger partial charge in [-0.2, -0.15) is 0 Å². The molecule has 0 aromatic rings. The number of aliphatic hydroxyl groups excluding tert-OH is 1. The van der Waals surface area contributed by atoms with Gasteiger partial charge in [-0.1, -0.05) is 324 Å². The van der Waals surface area contributed by atoms with Crippen molar-refractivity contribution in [2.45, 2.75) is 394 Å². The normalized spacial score (nSPS) is 14.4. The number of phosphoric acid groups is 2. The molecular weight excluding hydrogens is 1210 g/mol. The first kappa shape index (κ1) is 90.1. The molecule has 0 spiro atoms. The molecule has 0 saturated carbocycles. The number of aliphatic hydroxyl groups is 1. The Kier molecular flexibility index (Phi) is 63.7. The van der Waals surface area contributed by atoms with Crippen LogP contribution in [0.4, 0.5) is 0 Å². The van der Waals surface area contributed by atoms with Crippen LogP contribution < -0.4 is 0 Å². The summed E-state index contributed by atoms with van der Waals surface area (Å²) in [6.07, 6.45) is 51.6. The van der Waals surface area contributed by atoms with Crippen LogP contribution in [0.1, 0.15) is 375 Å². The van der Waals surface area contributed by atoms with Gasteiger partial charge in [-0.05, 0) is 37.5 Å². The van der Waals surface area contributed by atoms with Crippen LogP contribution in [-0.2, 0) is 65.4 Å². The van der Waals surface area contributed by atoms with Gasteiger partial charge in [0.05, 0.1) is 26.4 Å². The largest absolute Gasteiger partial charge is 0.472 e. The Morgan fingerprint density at radius 1 is 0.315 bits per heavy atom. The number of hydrogen-bond acceptors (Lipinski definition) is 15. The van der Waals surface area contributed by atoms with E-state index >= 15 is 0 Å². The summed E-state index contributed by atoms with van der Waals surface area (Å²) in [6.45, 7) is 9.51. The molecule has 3 N–H and O–H groups in total. The standard InChI is InChI=1S/C73H142O17P2/c1-7-10-12-14-16-17-18-19-20-21-24-27-30-33-37-44-50-56-71(76)84-62-68(89-72(77)57-51-45-38-34-31-28-25-22-23-26-29-32-36-41-47-53-65(4)5)63-87-91(79,80)85-59-67(74)60-86-92(81,82)88-64-69(61-83-70(75)55-49-43-35-15-13-11-8-2)90-73(78)58-52-46-40-39-42-48-54-66(6)9-3/h65-69,74H,7-64H2,1-6H3,(H,79,80)(H,81,82)/t66?,67-,68-,69-/m1/s1. The van der Waals surface area contributed by atoms with Gasteiger partial charge in [-0.15, -0.1) is 0 Å². The minimum atomic E-state index is -4.95. The summed E-state index contributed by atoms with van der Waals surface area (Å²) in [5.74, 6) is -0.604. The second kappa shape index (κ2) is 65.0. The number of phosphoric ester groups is 2. The third-order valence-electron chi connectivity index (χ3n) is 17.3. The molecule has 0 fully saturated rings. The van der Waals surface area contributed by atoms with Crippen LogP contribution >= 0.6 is 15.6 Å². The Hall–Kier alpha value is -1.94. The molecule has 6 atom stereocenters. The average molecular weight is 1350 g/mol. The quantitative estimate of drug-likeness (QED) is 0.0222. The molecule has 0 radical (unpaired) electrons. The molecule has 3 unspecified atom stereocenters. The van der Waals surface area contributed by atoms with E-state index < -0.39 is 97.5 Å². The van der Waals surface area contributed by atoms with Gasteiger partial charge in [-0.25, -0.2) is 9.13 Å². The van der Waals surface area contributed by atoms with E-state index in [-0.39, 0.29) is 25.7 Å². The predicted octanol–water partition coefficient (Wildman–Crippen LogP) is 21.2. The second-order valence-corrected chi connectivity index (χ2v) is 30.0. The molecule has 92 heavy (non-hydrogen) atoms. The second-order valence-electron chi connectivity index (χ2n) is 27.1. The van der Waals surface area contributed by atoms with Crippen molar-refractivity contribution in [3.63, 3.8) is 0 Å². The van der Waals surface area contributed by atoms with Gasteiger partial charge in [-0.3, -0.25) is 37.3 Å². The van der Waals surface area contributed by atoms with E-state index in [9.17, 15) is 43.2 Å². The summed E-state index contributed by atoms with van der Waals surface area (Å²) in [4.78, 5) is 72.5. The number of carbonyl (C=O) groups is 4. The molecule has 19 heteroatoms. The highest BCUT2D eigenvalue weighted by atomic mass is 31.2. The molecule has 0 aliphatic carbocycles. The molecule has 17 nitrogen and oxygen atoms in total. The van der Waals surface area contributed by atoms with Crippen LogP contribution in [0, 0.1) is 11.8 Å². The molecule has 0 aromatic heterocycles. The van der Waals surface area contributed by atoms with Gasteiger partial charge in [0.1, 0.15) is 19.3 Å². The zero-order chi connectivity index (χ0) is 67.9. The van der Waals surface area contributed by atoms with Crippen molar-refractivity contribution >= 4 is 39.5 Å². The third kappa shape index (κ3) is 65.4. The summed E-state index contributed by atoms with van der Waals surface area (Å²) < 4.78 is 68.3. The van der Waals surface area contributed by atoms with Crippen LogP contribution in [0.15, 0.2) is 0 Å². The van der Waals surface area contributed by atoms with Gasteiger partial charge in [0, 0.05) is 25.7 Å². The Bertz CT molecular complexity index is 1790. The molecule has 0 amide bonds. The van der Waals surface area contributed by atoms with E-state index in [0.717, 1.165) is 115 Å². The van der Waals surface area contributed by atoms with Gasteiger partial charge in [0.15, 0.2) is 12.2 Å². The zero-order valence-electron chi connectivity index (χ0n) is 59.9. The first-order chi connectivity index (χ1) is 44.4. The fourth-order valence-electron chi connectivity index (χ4n) is 11.1. The van der Waals surface area contributed by atoms with Crippen molar-refractivity contribution in [1.82, 2.24) is 0 Å². The monoisotopic (exact) mass is 1350 g/mol. The van der Waals surface area contributed by atoms with E-state index in [1.165, 1.54) is 180 Å². The van der Waals surface area contributed by atoms with E-state index in [0.29, 0.717) is 25.7 Å². The fourth-order valence-corrected chi connectivity index (χ4v) is 12.7. The first-order valence-electron chi connectivity index (χ1n) is 38.0. The number of carbonyl (C=O) groups excluding carboxylic acids is 4. The summed E-state index contributed by atoms with van der Waals surface area (Å²) in [5, 5.41) is 10.6. The molecular formula is C73H142O17P2. The lowest BCUT2D eigenvalue weighted by Gasteiger charge is -2.21. The summed E-state index contributed by atoms with van der Waals surface area (Å²) in [6, 6.07) is 0. The van der Waals surface area contributed by atoms with Crippen molar-refractivity contribution in [2.24, 2.45) is 11.8 Å². The van der Waals surface area contributed by atoms with E-state index in [4.69, 9.17) is 37.0 Å². The van der Waals surface area contributed by atoms with E-state index in [1.807, 2.05) is 0 Å². The van der Waals surface area contributed by atoms with Crippen LogP contribution in [-0.4, -0.2) is 96.7 Å². The maximum absolute atomic E-state index is 13.1. The minimum absolute atomic E-state index is 0.103. The van der Waals surface area contributed by atoms with Crippen molar-refractivity contribution < 1.29 is 80.2 Å². The number of esters is 4. The third-order valence-corrected chi connectivity index (χ3v) is 19.2. The number of ether oxygens (including phenoxy) is 4. The van der Waals surface area contributed by atoms with Gasteiger partial charge in [0.2, 0.25) is 0 Å². The molecule has 0 bridgehead atoms. The molecule has 0 aliphatic rings. The van der Waals surface area contributed by atoms with Gasteiger partial charge < -0.3 is 33.8 Å². The Balaban J connectivity index is 5.18. The molecule has 0 heterocycles. The number of hydrogen-bond donors (Lipinski definition) is 3. The molecule has 0 rings (SSSR count). The highest BCUT2D eigenvalue weighted by Gasteiger charge is 2.30. The summed E-state index contributed by atoms with van der Waals surface area (Å²) in [7, 11) is -9.90. The highest BCUT2D eigenvalue weighted by Crippen LogP contribution is 2.45. The van der Waals surface area contributed by atoms with E-state index in [2.05, 4.69) is 41.5 Å². The van der Waals surface area contributed by atoms with Gasteiger partial charge in [0.25, 0.3) is 0 Å². The fraction of sp³-hybridized carbons (Fsp3) is 0.945. The molecule has 0 aromatic carbocycles. The van der Waals surface area contributed by atoms with Crippen LogP contribution in [0.2, 0.25) is 0 Å². The Labute approximate surface area is 562 Å². The minimum Gasteiger partial charge on any atom is -0.462 e. The van der Waals surface area contributed by atoms with Crippen LogP contribution in [0.5, 0.6) is 0 Å². The lowest BCUT2D eigenvalue weighted by atomic mass is 10.00. The number of unbranched alkanes of at least 4 members (excludes halogenated alkanes) is 41. The van der Waals surface area contributed by atoms with Crippen molar-refractivity contribution in [3.8, 4) is 0 Å². The molecule has 0 saturated heterocycles. The SMILES string of the molecule is CCCCCCCCCCCCCCCCCCCC(=O)OC[C@H](COP(=O)(O)OC[C@@H](O)COP(=O)(O)OC[C@@H](COC(=O)CCCCCCCCC)OC(=O)CCCCCCCCC(C)CC)OC(=O)CCCCCCCCCCCCCCCCCC(C)C. The Morgan fingerprint density at radius 3 is 0.826 bits per heavy atom. The molecule has 546 valence electrons. The van der Waals surface area contributed by atoms with Crippen LogP contribution in [0.25, 0.3) is 0 Å². The van der Waals surface area contributed by atoms with Crippen LogP contribution in [0.3, 0.4) is 0 Å². The van der Waals surface area contributed by atoms with E-state index in [1.54, 1.807) is 0 Å². The first-order valence-corrected chi connectivity index (χ1v) is 41.0. The zero-order valence-corrected chi connectivity index (χ0v) is 61.6. The maximum atomic E-state index is 13.1. The van der Waals surface area contributed by atoms with Crippen molar-refractivity contribution in [2.75, 3.05) is 39.6 Å². The summed E-state index contributed by atoms with van der Waals surface area (Å²) in [5.41, 5.74) is 0. The average Bonchev–Trinajstić information content (AvgIpc) is 3.71. The predicted molar refractivity (Wildman–Crippen MR) is 372 cm³/mol. The summed E-state index contributed by atoms with van der Waals surface area (Å²) >= 11 is 0. The lowest BCUT2D eigenvalue weighted by molar-refractivity contribution is -0.161. The Morgan fingerprint density at radius 2 is 0.554 bits per heavy atom. The molecule has 0 aliphatic heterocycles. The van der Waals surface area contributed by atoms with Crippen molar-refractivity contribution in [3.05, 3.63) is 0 Å². The van der Waals surface area contributed by atoms with Gasteiger partial charge >= 0.3 is 39.5 Å². The smallest absolute Gasteiger partial charge is 0.462 e. The maximum Gasteiger partial charge on any atom is 0.472 e. The number of rotatable bonds is 72. The lowest BCUT2D eigenvalue weighted by Crippen LogP contribution is -2.30.